The summed E-state index contributed by atoms with van der Waals surface area (Å²) in [5.74, 6) is 1.98. The molecule has 0 aliphatic carbocycles. The van der Waals surface area contributed by atoms with Crippen LogP contribution in [0.1, 0.15) is 24.4 Å². The summed E-state index contributed by atoms with van der Waals surface area (Å²) >= 11 is 0. The molecule has 3 fully saturated rings. The Kier molecular flexibility index (Phi) is 7.03. The van der Waals surface area contributed by atoms with Crippen LogP contribution in [0.3, 0.4) is 0 Å². The van der Waals surface area contributed by atoms with E-state index in [4.69, 9.17) is 9.05 Å². The number of nitrogens with one attached hydrogen (secondary N) is 1. The molecular weight excluding hydrogens is 493 g/mol. The fraction of sp³-hybridized carbons (Fsp3) is 0.258. The van der Waals surface area contributed by atoms with Gasteiger partial charge in [0.25, 0.3) is 0 Å². The predicted octanol–water partition coefficient (Wildman–Crippen LogP) is 7.03. The molecule has 0 saturated carbocycles. The zero-order valence-electron chi connectivity index (χ0n) is 21.2. The van der Waals surface area contributed by atoms with E-state index in [1.54, 1.807) is 24.3 Å². The van der Waals surface area contributed by atoms with E-state index in [1.165, 1.54) is 0 Å². The average molecular weight is 526 g/mol. The van der Waals surface area contributed by atoms with Crippen LogP contribution in [0.2, 0.25) is 0 Å². The first-order valence-electron chi connectivity index (χ1n) is 13.2. The van der Waals surface area contributed by atoms with E-state index in [2.05, 4.69) is 33.7 Å². The molecule has 3 saturated heterocycles. The van der Waals surface area contributed by atoms with Crippen LogP contribution in [0.25, 0.3) is 10.9 Å². The van der Waals surface area contributed by atoms with Gasteiger partial charge < -0.3 is 9.05 Å². The smallest absolute Gasteiger partial charge is 0.405 e. The molecule has 5 atom stereocenters. The highest BCUT2D eigenvalue weighted by molar-refractivity contribution is 7.52. The minimum absolute atomic E-state index is 0.114. The second kappa shape index (κ2) is 10.7. The van der Waals surface area contributed by atoms with E-state index in [0.717, 1.165) is 42.4 Å². The molecule has 4 unspecified atom stereocenters. The van der Waals surface area contributed by atoms with E-state index in [1.807, 2.05) is 66.9 Å². The fourth-order valence-electron chi connectivity index (χ4n) is 5.96. The molecule has 3 aliphatic rings. The summed E-state index contributed by atoms with van der Waals surface area (Å²) in [6.07, 6.45) is 6.05. The van der Waals surface area contributed by atoms with Gasteiger partial charge in [0.2, 0.25) is 0 Å². The monoisotopic (exact) mass is 525 g/mol. The Morgan fingerprint density at radius 1 is 0.947 bits per heavy atom. The number of piperidine rings is 3. The van der Waals surface area contributed by atoms with Crippen LogP contribution in [0.4, 0.5) is 0 Å². The molecule has 6 nitrogen and oxygen atoms in total. The summed E-state index contributed by atoms with van der Waals surface area (Å²) in [5.41, 5.74) is 1.94. The molecular formula is C31H32N3O3P. The molecule has 0 spiro atoms. The lowest BCUT2D eigenvalue weighted by molar-refractivity contribution is 0.00399. The number of rotatable bonds is 9. The molecule has 4 aromatic rings. The van der Waals surface area contributed by atoms with Gasteiger partial charge in [-0.05, 0) is 73.2 Å². The van der Waals surface area contributed by atoms with Gasteiger partial charge >= 0.3 is 7.75 Å². The average Bonchev–Trinajstić information content (AvgIpc) is 2.97. The summed E-state index contributed by atoms with van der Waals surface area (Å²) in [6, 6.07) is 28.3. The molecule has 1 N–H and O–H groups in total. The summed E-state index contributed by atoms with van der Waals surface area (Å²) < 4.78 is 26.9. The molecule has 2 bridgehead atoms. The molecule has 38 heavy (non-hydrogen) atoms. The van der Waals surface area contributed by atoms with E-state index >= 15 is 0 Å². The topological polar surface area (TPSA) is 63.7 Å². The first kappa shape index (κ1) is 24.9. The van der Waals surface area contributed by atoms with Crippen LogP contribution in [0.15, 0.2) is 110 Å². The number of hydrogen-bond donors (Lipinski definition) is 1. The molecule has 1 aromatic heterocycles. The van der Waals surface area contributed by atoms with Gasteiger partial charge in [-0.15, -0.1) is 6.58 Å². The minimum atomic E-state index is -3.89. The second-order valence-corrected chi connectivity index (χ2v) is 11.7. The van der Waals surface area contributed by atoms with Crippen LogP contribution in [-0.4, -0.2) is 29.0 Å². The Balaban J connectivity index is 1.43. The van der Waals surface area contributed by atoms with Crippen molar-refractivity contribution in [3.8, 4) is 11.5 Å². The highest BCUT2D eigenvalue weighted by Crippen LogP contribution is 2.50. The summed E-state index contributed by atoms with van der Waals surface area (Å²) in [4.78, 5) is 7.10. The van der Waals surface area contributed by atoms with Crippen LogP contribution in [-0.2, 0) is 4.57 Å². The number of fused-ring (bicyclic) bond motifs is 4. The van der Waals surface area contributed by atoms with E-state index in [-0.39, 0.29) is 12.1 Å². The van der Waals surface area contributed by atoms with Crippen LogP contribution in [0, 0.1) is 11.8 Å². The fourth-order valence-corrected chi connectivity index (χ4v) is 7.55. The SMILES string of the molecule is C=CC1CN2CCC1CC2[C@@H](NP(=O)(Oc1ccccc1)Oc1ccccc1)c1ccnc2ccccc12. The van der Waals surface area contributed by atoms with Gasteiger partial charge in [-0.2, -0.15) is 5.09 Å². The second-order valence-electron chi connectivity index (χ2n) is 10.1. The summed E-state index contributed by atoms with van der Waals surface area (Å²) in [7, 11) is -3.89. The quantitative estimate of drug-likeness (QED) is 0.187. The van der Waals surface area contributed by atoms with Crippen molar-refractivity contribution in [3.05, 3.63) is 115 Å². The third-order valence-electron chi connectivity index (χ3n) is 7.79. The van der Waals surface area contributed by atoms with Crippen LogP contribution in [0.5, 0.6) is 11.5 Å². The molecule has 3 aromatic carbocycles. The largest absolute Gasteiger partial charge is 0.513 e. The lowest BCUT2D eigenvalue weighted by Gasteiger charge is -2.52. The third-order valence-corrected chi connectivity index (χ3v) is 9.29. The number of aromatic nitrogens is 1. The molecule has 4 heterocycles. The third kappa shape index (κ3) is 5.12. The van der Waals surface area contributed by atoms with Crippen LogP contribution >= 0.6 is 7.75 Å². The number of para-hydroxylation sites is 3. The minimum Gasteiger partial charge on any atom is -0.405 e. The normalized spacial score (nSPS) is 23.6. The zero-order valence-corrected chi connectivity index (χ0v) is 22.1. The molecule has 3 aliphatic heterocycles. The van der Waals surface area contributed by atoms with Crippen molar-refractivity contribution in [2.75, 3.05) is 13.1 Å². The first-order chi connectivity index (χ1) is 18.6. The highest BCUT2D eigenvalue weighted by atomic mass is 31.2. The summed E-state index contributed by atoms with van der Waals surface area (Å²) in [6.45, 7) is 6.04. The van der Waals surface area contributed by atoms with Gasteiger partial charge in [0, 0.05) is 24.2 Å². The Hall–Kier alpha value is -3.44. The Morgan fingerprint density at radius 3 is 2.24 bits per heavy atom. The van der Waals surface area contributed by atoms with Gasteiger partial charge in [0.05, 0.1) is 11.6 Å². The predicted molar refractivity (Wildman–Crippen MR) is 151 cm³/mol. The van der Waals surface area contributed by atoms with Gasteiger partial charge in [-0.25, -0.2) is 4.57 Å². The van der Waals surface area contributed by atoms with Gasteiger partial charge in [0.15, 0.2) is 0 Å². The number of benzene rings is 3. The van der Waals surface area contributed by atoms with Crippen molar-refractivity contribution in [1.29, 1.82) is 0 Å². The maximum Gasteiger partial charge on any atom is 0.513 e. The van der Waals surface area contributed by atoms with E-state index in [0.29, 0.717) is 23.3 Å². The van der Waals surface area contributed by atoms with Crippen molar-refractivity contribution in [3.63, 3.8) is 0 Å². The molecule has 7 heteroatoms. The first-order valence-corrected chi connectivity index (χ1v) is 14.7. The van der Waals surface area contributed by atoms with Gasteiger partial charge in [0.1, 0.15) is 11.5 Å². The molecule has 0 amide bonds. The van der Waals surface area contributed by atoms with E-state index in [9.17, 15) is 4.57 Å². The molecule has 7 rings (SSSR count). The maximum absolute atomic E-state index is 14.6. The number of nitrogens with zero attached hydrogens (tertiary/aromatic N) is 2. The van der Waals surface area contributed by atoms with Crippen molar-refractivity contribution in [2.45, 2.75) is 24.9 Å². The molecule has 194 valence electrons. The van der Waals surface area contributed by atoms with Crippen molar-refractivity contribution in [1.82, 2.24) is 15.0 Å². The number of hydrogen-bond acceptors (Lipinski definition) is 5. The van der Waals surface area contributed by atoms with Gasteiger partial charge in [-0.1, -0.05) is 60.7 Å². The van der Waals surface area contributed by atoms with Crippen molar-refractivity contribution in [2.24, 2.45) is 11.8 Å². The standard InChI is InChI=1S/C31H32N3O3P/c1-2-23-22-34-20-18-24(23)21-30(34)31(28-17-19-32-29-16-10-9-15-27(28)29)33-38(35,36-25-11-5-3-6-12-25)37-26-13-7-4-8-14-26/h2-17,19,23-24,30-31H,1,18,20-22H2,(H,33,35)/t23?,24?,30?,31-/m0/s1. The lowest BCUT2D eigenvalue weighted by atomic mass is 9.73. The van der Waals surface area contributed by atoms with Crippen molar-refractivity contribution < 1.29 is 13.6 Å². The Labute approximate surface area is 223 Å². The van der Waals surface area contributed by atoms with Crippen LogP contribution < -0.4 is 14.1 Å². The lowest BCUT2D eigenvalue weighted by Crippen LogP contribution is -2.56. The highest BCUT2D eigenvalue weighted by Gasteiger charge is 2.46. The zero-order chi connectivity index (χ0) is 26.0. The maximum atomic E-state index is 14.6. The molecule has 0 radical (unpaired) electrons. The van der Waals surface area contributed by atoms with E-state index < -0.39 is 7.75 Å². The van der Waals surface area contributed by atoms with Crippen molar-refractivity contribution >= 4 is 18.6 Å². The Morgan fingerprint density at radius 2 is 1.61 bits per heavy atom. The summed E-state index contributed by atoms with van der Waals surface area (Å²) in [5, 5.41) is 4.47. The number of pyridine rings is 1. The Bertz CT molecular complexity index is 1400. The van der Waals surface area contributed by atoms with Gasteiger partial charge in [-0.3, -0.25) is 9.88 Å².